The van der Waals surface area contributed by atoms with Crippen LogP contribution < -0.4 is 0 Å². The molecule has 0 radical (unpaired) electrons. The first-order valence-corrected chi connectivity index (χ1v) is 8.41. The molecule has 0 N–H and O–H groups in total. The van der Waals surface area contributed by atoms with Crippen LogP contribution in [-0.2, 0) is 0 Å². The molecular formula is C17H36. The van der Waals surface area contributed by atoms with Gasteiger partial charge in [-0.05, 0) is 0 Å². The van der Waals surface area contributed by atoms with Crippen molar-refractivity contribution in [3.8, 4) is 0 Å². The van der Waals surface area contributed by atoms with Gasteiger partial charge in [-0.2, -0.15) is 0 Å². The van der Waals surface area contributed by atoms with Crippen LogP contribution in [0.5, 0.6) is 0 Å². The van der Waals surface area contributed by atoms with Gasteiger partial charge in [-0.1, -0.05) is 110 Å². The van der Waals surface area contributed by atoms with Crippen LogP contribution >= 0.6 is 0 Å². The average molecular weight is 240 g/mol. The minimum atomic E-state index is 1.37. The van der Waals surface area contributed by atoms with Gasteiger partial charge in [0.15, 0.2) is 0 Å². The molecule has 0 aliphatic heterocycles. The molecule has 0 atom stereocenters. The molecule has 0 unspecified atom stereocenters. The quantitative estimate of drug-likeness (QED) is 0.385. The first kappa shape index (κ1) is 17.0. The molecule has 0 heterocycles. The fourth-order valence-electron chi connectivity index (χ4n) is 2.44. The monoisotopic (exact) mass is 240 g/mol. The Balaban J connectivity index is 0.000000419. The minimum Gasteiger partial charge on any atom is -0.0654 e. The summed E-state index contributed by atoms with van der Waals surface area (Å²) in [5.74, 6) is 0. The second-order valence-electron chi connectivity index (χ2n) is 5.60. The number of unbranched alkanes of at least 4 members (excludes halogenated alkanes) is 9. The van der Waals surface area contributed by atoms with Gasteiger partial charge in [0.25, 0.3) is 0 Å². The van der Waals surface area contributed by atoms with Crippen LogP contribution in [0.15, 0.2) is 0 Å². The smallest absolute Gasteiger partial charge is 0.0533 e. The van der Waals surface area contributed by atoms with Crippen molar-refractivity contribution < 1.29 is 0 Å². The van der Waals surface area contributed by atoms with Crippen molar-refractivity contribution in [2.24, 2.45) is 0 Å². The molecule has 1 rings (SSSR count). The summed E-state index contributed by atoms with van der Waals surface area (Å²) >= 11 is 0. The molecule has 0 aromatic rings. The Bertz CT molecular complexity index is 95.6. The van der Waals surface area contributed by atoms with Crippen molar-refractivity contribution in [1.82, 2.24) is 0 Å². The van der Waals surface area contributed by atoms with Gasteiger partial charge in [0, 0.05) is 0 Å². The van der Waals surface area contributed by atoms with Gasteiger partial charge in [0.2, 0.25) is 0 Å². The van der Waals surface area contributed by atoms with Gasteiger partial charge in [0.1, 0.15) is 0 Å². The molecule has 1 aliphatic carbocycles. The summed E-state index contributed by atoms with van der Waals surface area (Å²) in [4.78, 5) is 0. The maximum absolute atomic E-state index is 2.28. The third kappa shape index (κ3) is 16.0. The lowest BCUT2D eigenvalue weighted by atomic mass is 10.1. The highest BCUT2D eigenvalue weighted by molar-refractivity contribution is 4.51. The molecular weight excluding hydrogens is 204 g/mol. The molecule has 104 valence electrons. The van der Waals surface area contributed by atoms with Crippen LogP contribution in [0.1, 0.15) is 110 Å². The highest BCUT2D eigenvalue weighted by Crippen LogP contribution is 2.15. The Kier molecular flexibility index (Phi) is 16.0. The lowest BCUT2D eigenvalue weighted by Crippen LogP contribution is -1.80. The van der Waals surface area contributed by atoms with Crippen LogP contribution in [0, 0.1) is 0 Å². The highest BCUT2D eigenvalue weighted by Gasteiger charge is 1.95. The molecule has 0 spiro atoms. The molecule has 1 saturated carbocycles. The van der Waals surface area contributed by atoms with E-state index < -0.39 is 0 Å². The van der Waals surface area contributed by atoms with Gasteiger partial charge < -0.3 is 0 Å². The highest BCUT2D eigenvalue weighted by atomic mass is 14.0. The molecule has 0 amide bonds. The van der Waals surface area contributed by atoms with E-state index in [4.69, 9.17) is 0 Å². The molecule has 1 aliphatic rings. The Hall–Kier alpha value is 0. The van der Waals surface area contributed by atoms with Crippen molar-refractivity contribution in [3.63, 3.8) is 0 Å². The largest absolute Gasteiger partial charge is 0.0654 e. The van der Waals surface area contributed by atoms with Gasteiger partial charge >= 0.3 is 0 Å². The second kappa shape index (κ2) is 16.0. The fraction of sp³-hybridized carbons (Fsp3) is 1.00. The summed E-state index contributed by atoms with van der Waals surface area (Å²) in [7, 11) is 0. The van der Waals surface area contributed by atoms with Gasteiger partial charge in [-0.3, -0.25) is 0 Å². The first-order valence-electron chi connectivity index (χ1n) is 8.41. The van der Waals surface area contributed by atoms with Crippen LogP contribution in [0.4, 0.5) is 0 Å². The van der Waals surface area contributed by atoms with E-state index in [-0.39, 0.29) is 0 Å². The third-order valence-electron chi connectivity index (χ3n) is 3.71. The topological polar surface area (TPSA) is 0 Å². The molecule has 0 aromatic carbocycles. The summed E-state index contributed by atoms with van der Waals surface area (Å²) in [5, 5.41) is 0. The normalized spacial score (nSPS) is 14.5. The lowest BCUT2D eigenvalue weighted by Gasteiger charge is -1.99. The van der Waals surface area contributed by atoms with E-state index in [2.05, 4.69) is 13.8 Å². The van der Waals surface area contributed by atoms with Crippen molar-refractivity contribution >= 4 is 0 Å². The van der Waals surface area contributed by atoms with Crippen molar-refractivity contribution in [3.05, 3.63) is 0 Å². The van der Waals surface area contributed by atoms with E-state index in [1.54, 1.807) is 0 Å². The maximum Gasteiger partial charge on any atom is -0.0533 e. The predicted octanol–water partition coefficient (Wildman–Crippen LogP) is 6.88. The Labute approximate surface area is 111 Å². The van der Waals surface area contributed by atoms with E-state index in [1.807, 2.05) is 0 Å². The zero-order valence-corrected chi connectivity index (χ0v) is 12.6. The summed E-state index contributed by atoms with van der Waals surface area (Å²) < 4.78 is 0. The Morgan fingerprint density at radius 1 is 0.412 bits per heavy atom. The van der Waals surface area contributed by atoms with Crippen molar-refractivity contribution in [2.45, 2.75) is 110 Å². The van der Waals surface area contributed by atoms with Crippen molar-refractivity contribution in [1.29, 1.82) is 0 Å². The third-order valence-corrected chi connectivity index (χ3v) is 3.71. The number of hydrogen-bond donors (Lipinski definition) is 0. The summed E-state index contributed by atoms with van der Waals surface area (Å²) in [6.07, 6.45) is 21.9. The predicted molar refractivity (Wildman–Crippen MR) is 80.6 cm³/mol. The molecule has 17 heavy (non-hydrogen) atoms. The van der Waals surface area contributed by atoms with Crippen LogP contribution in [-0.4, -0.2) is 0 Å². The SMILES string of the molecule is C1CCCC1.CCCCCCCCCCCC. The molecule has 0 nitrogen and oxygen atoms in total. The molecule has 0 aromatic heterocycles. The fourth-order valence-corrected chi connectivity index (χ4v) is 2.44. The zero-order valence-electron chi connectivity index (χ0n) is 12.6. The van der Waals surface area contributed by atoms with Gasteiger partial charge in [0.05, 0.1) is 0 Å². The average Bonchev–Trinajstić information content (AvgIpc) is 2.92. The summed E-state index contributed by atoms with van der Waals surface area (Å²) in [6.45, 7) is 4.56. The van der Waals surface area contributed by atoms with E-state index in [1.165, 1.54) is 96.3 Å². The van der Waals surface area contributed by atoms with Crippen LogP contribution in [0.3, 0.4) is 0 Å². The number of hydrogen-bond acceptors (Lipinski definition) is 0. The summed E-state index contributed by atoms with van der Waals surface area (Å²) in [5.41, 5.74) is 0. The number of rotatable bonds is 9. The van der Waals surface area contributed by atoms with Crippen molar-refractivity contribution in [2.75, 3.05) is 0 Å². The molecule has 1 fully saturated rings. The molecule has 0 saturated heterocycles. The zero-order chi connectivity index (χ0) is 12.6. The Morgan fingerprint density at radius 3 is 0.882 bits per heavy atom. The Morgan fingerprint density at radius 2 is 0.647 bits per heavy atom. The molecule has 0 heteroatoms. The van der Waals surface area contributed by atoms with Gasteiger partial charge in [-0.25, -0.2) is 0 Å². The van der Waals surface area contributed by atoms with Crippen LogP contribution in [0.2, 0.25) is 0 Å². The first-order chi connectivity index (χ1) is 8.41. The standard InChI is InChI=1S/C12H26.C5H10/c1-3-5-7-9-11-12-10-8-6-4-2;1-2-4-5-3-1/h3-12H2,1-2H3;1-5H2. The van der Waals surface area contributed by atoms with Crippen LogP contribution in [0.25, 0.3) is 0 Å². The lowest BCUT2D eigenvalue weighted by molar-refractivity contribution is 0.562. The second-order valence-corrected chi connectivity index (χ2v) is 5.60. The van der Waals surface area contributed by atoms with E-state index in [9.17, 15) is 0 Å². The van der Waals surface area contributed by atoms with E-state index in [0.717, 1.165) is 0 Å². The maximum atomic E-state index is 2.28. The molecule has 0 bridgehead atoms. The minimum absolute atomic E-state index is 1.37. The van der Waals surface area contributed by atoms with E-state index >= 15 is 0 Å². The summed E-state index contributed by atoms with van der Waals surface area (Å²) in [6, 6.07) is 0. The van der Waals surface area contributed by atoms with Gasteiger partial charge in [-0.15, -0.1) is 0 Å². The van der Waals surface area contributed by atoms with E-state index in [0.29, 0.717) is 0 Å².